The van der Waals surface area contributed by atoms with Crippen molar-refractivity contribution in [3.8, 4) is 0 Å². The van der Waals surface area contributed by atoms with Gasteiger partial charge in [0.2, 0.25) is 5.78 Å². The normalized spacial score (nSPS) is 12.0. The van der Waals surface area contributed by atoms with Crippen LogP contribution in [0.15, 0.2) is 47.9 Å². The first-order chi connectivity index (χ1) is 12.2. The van der Waals surface area contributed by atoms with Gasteiger partial charge in [-0.15, -0.1) is 11.3 Å². The minimum atomic E-state index is 0.108. The second-order valence-electron chi connectivity index (χ2n) is 6.42. The maximum atomic E-state index is 13.3. The van der Waals surface area contributed by atoms with Crippen molar-refractivity contribution in [2.45, 2.75) is 39.5 Å². The largest absolute Gasteiger partial charge is 0.333 e. The SMILES string of the molecule is C/C=C(/C(=O)c1cc2ccsc2n1C)c1ccccc1CCCCC. The summed E-state index contributed by atoms with van der Waals surface area (Å²) in [5, 5.41) is 3.21. The highest BCUT2D eigenvalue weighted by Crippen LogP contribution is 2.29. The number of nitrogens with zero attached hydrogens (tertiary/aromatic N) is 1. The molecule has 0 amide bonds. The molecule has 2 aromatic heterocycles. The van der Waals surface area contributed by atoms with Crippen molar-refractivity contribution in [1.82, 2.24) is 4.57 Å². The number of allylic oxidation sites excluding steroid dienone is 2. The topological polar surface area (TPSA) is 22.0 Å². The lowest BCUT2D eigenvalue weighted by Crippen LogP contribution is -2.09. The highest BCUT2D eigenvalue weighted by atomic mass is 32.1. The van der Waals surface area contributed by atoms with Gasteiger partial charge in [-0.05, 0) is 48.4 Å². The number of Topliss-reactive ketones (excluding diaryl/α,β-unsaturated/α-hetero) is 1. The third kappa shape index (κ3) is 3.47. The van der Waals surface area contributed by atoms with Gasteiger partial charge in [0.1, 0.15) is 4.83 Å². The molecule has 0 saturated carbocycles. The highest BCUT2D eigenvalue weighted by Gasteiger charge is 2.20. The van der Waals surface area contributed by atoms with Gasteiger partial charge in [0.25, 0.3) is 0 Å². The van der Waals surface area contributed by atoms with E-state index >= 15 is 0 Å². The Bertz CT molecular complexity index is 913. The van der Waals surface area contributed by atoms with E-state index in [2.05, 4.69) is 36.6 Å². The van der Waals surface area contributed by atoms with Crippen LogP contribution < -0.4 is 0 Å². The number of benzene rings is 1. The maximum absolute atomic E-state index is 13.3. The van der Waals surface area contributed by atoms with Crippen LogP contribution in [0.5, 0.6) is 0 Å². The molecule has 0 bridgehead atoms. The molecule has 0 N–H and O–H groups in total. The van der Waals surface area contributed by atoms with Crippen molar-refractivity contribution in [2.24, 2.45) is 7.05 Å². The van der Waals surface area contributed by atoms with Gasteiger partial charge in [0.15, 0.2) is 0 Å². The third-order valence-corrected chi connectivity index (χ3v) is 5.76. The van der Waals surface area contributed by atoms with Gasteiger partial charge in [-0.1, -0.05) is 50.1 Å². The van der Waals surface area contributed by atoms with E-state index in [9.17, 15) is 4.79 Å². The summed E-state index contributed by atoms with van der Waals surface area (Å²) in [5.74, 6) is 0.108. The van der Waals surface area contributed by atoms with Crippen molar-refractivity contribution in [2.75, 3.05) is 0 Å². The molecular weight excluding hydrogens is 326 g/mol. The molecule has 3 aromatic rings. The van der Waals surface area contributed by atoms with Crippen LogP contribution in [0.2, 0.25) is 0 Å². The highest BCUT2D eigenvalue weighted by molar-refractivity contribution is 7.16. The van der Waals surface area contributed by atoms with Crippen LogP contribution in [-0.4, -0.2) is 10.4 Å². The van der Waals surface area contributed by atoms with Crippen LogP contribution in [0.25, 0.3) is 15.8 Å². The van der Waals surface area contributed by atoms with Crippen molar-refractivity contribution in [1.29, 1.82) is 0 Å². The lowest BCUT2D eigenvalue weighted by atomic mass is 9.92. The predicted molar refractivity (Wildman–Crippen MR) is 108 cm³/mol. The number of carbonyl (C=O) groups excluding carboxylic acids is 1. The van der Waals surface area contributed by atoms with Gasteiger partial charge in [-0.2, -0.15) is 0 Å². The Morgan fingerprint density at radius 2 is 2.00 bits per heavy atom. The van der Waals surface area contributed by atoms with Crippen molar-refractivity contribution in [3.63, 3.8) is 0 Å². The number of aryl methyl sites for hydroxylation is 2. The minimum Gasteiger partial charge on any atom is -0.333 e. The quantitative estimate of drug-likeness (QED) is 0.280. The van der Waals surface area contributed by atoms with Crippen LogP contribution in [-0.2, 0) is 13.5 Å². The number of fused-ring (bicyclic) bond motifs is 1. The molecule has 0 aliphatic rings. The zero-order chi connectivity index (χ0) is 17.8. The second kappa shape index (κ2) is 7.83. The zero-order valence-electron chi connectivity index (χ0n) is 15.2. The predicted octanol–water partition coefficient (Wildman–Crippen LogP) is 6.26. The molecule has 2 heterocycles. The van der Waals surface area contributed by atoms with Crippen molar-refractivity contribution < 1.29 is 4.79 Å². The molecule has 0 aliphatic carbocycles. The molecule has 0 unspecified atom stereocenters. The number of thiophene rings is 1. The number of rotatable bonds is 7. The van der Waals surface area contributed by atoms with Gasteiger partial charge in [0, 0.05) is 18.0 Å². The summed E-state index contributed by atoms with van der Waals surface area (Å²) in [4.78, 5) is 14.4. The van der Waals surface area contributed by atoms with Crippen LogP contribution in [0, 0.1) is 0 Å². The molecule has 3 rings (SSSR count). The van der Waals surface area contributed by atoms with E-state index in [-0.39, 0.29) is 5.78 Å². The van der Waals surface area contributed by atoms with E-state index in [1.807, 2.05) is 36.7 Å². The van der Waals surface area contributed by atoms with E-state index < -0.39 is 0 Å². The second-order valence-corrected chi connectivity index (χ2v) is 7.31. The fraction of sp³-hybridized carbons (Fsp3) is 0.318. The van der Waals surface area contributed by atoms with E-state index in [1.165, 1.54) is 24.8 Å². The molecule has 0 spiro atoms. The molecule has 0 radical (unpaired) electrons. The summed E-state index contributed by atoms with van der Waals surface area (Å²) < 4.78 is 2.02. The van der Waals surface area contributed by atoms with Crippen LogP contribution in [0.1, 0.15) is 54.7 Å². The number of aromatic nitrogens is 1. The number of ketones is 1. The number of unbranched alkanes of at least 4 members (excludes halogenated alkanes) is 2. The number of hydrogen-bond acceptors (Lipinski definition) is 2. The summed E-state index contributed by atoms with van der Waals surface area (Å²) >= 11 is 1.68. The van der Waals surface area contributed by atoms with E-state index in [4.69, 9.17) is 0 Å². The van der Waals surface area contributed by atoms with E-state index in [0.717, 1.165) is 33.5 Å². The lowest BCUT2D eigenvalue weighted by Gasteiger charge is -2.13. The summed E-state index contributed by atoms with van der Waals surface area (Å²) in [6, 6.07) is 12.4. The Kier molecular flexibility index (Phi) is 5.54. The summed E-state index contributed by atoms with van der Waals surface area (Å²) in [7, 11) is 1.98. The van der Waals surface area contributed by atoms with Crippen LogP contribution in [0.4, 0.5) is 0 Å². The van der Waals surface area contributed by atoms with Gasteiger partial charge >= 0.3 is 0 Å². The van der Waals surface area contributed by atoms with Gasteiger partial charge in [-0.3, -0.25) is 4.79 Å². The zero-order valence-corrected chi connectivity index (χ0v) is 16.0. The monoisotopic (exact) mass is 351 g/mol. The van der Waals surface area contributed by atoms with Crippen LogP contribution in [0.3, 0.4) is 0 Å². The van der Waals surface area contributed by atoms with E-state index in [1.54, 1.807) is 11.3 Å². The van der Waals surface area contributed by atoms with Crippen molar-refractivity contribution in [3.05, 3.63) is 64.7 Å². The standard InChI is InChI=1S/C22H25NOS/c1-4-6-7-10-16-11-8-9-12-19(16)18(5-2)21(24)20-15-17-13-14-25-22(17)23(20)3/h5,8-9,11-15H,4,6-7,10H2,1-3H3/b18-5+. The summed E-state index contributed by atoms with van der Waals surface area (Å²) in [5.41, 5.74) is 3.92. The molecular formula is C22H25NOS. The first-order valence-electron chi connectivity index (χ1n) is 8.99. The first kappa shape index (κ1) is 17.7. The van der Waals surface area contributed by atoms with Gasteiger partial charge in [-0.25, -0.2) is 0 Å². The lowest BCUT2D eigenvalue weighted by molar-refractivity contribution is 0.104. The molecule has 0 aliphatic heterocycles. The Morgan fingerprint density at radius 3 is 2.72 bits per heavy atom. The third-order valence-electron chi connectivity index (χ3n) is 4.76. The molecule has 2 nitrogen and oxygen atoms in total. The number of carbonyl (C=O) groups is 1. The van der Waals surface area contributed by atoms with E-state index in [0.29, 0.717) is 0 Å². The summed E-state index contributed by atoms with van der Waals surface area (Å²) in [6.45, 7) is 4.18. The van der Waals surface area contributed by atoms with Crippen LogP contribution >= 0.6 is 11.3 Å². The molecule has 0 saturated heterocycles. The summed E-state index contributed by atoms with van der Waals surface area (Å²) in [6.07, 6.45) is 6.58. The maximum Gasteiger partial charge on any atom is 0.209 e. The Labute approximate surface area is 153 Å². The Balaban J connectivity index is 1.96. The molecule has 3 heteroatoms. The average molecular weight is 352 g/mol. The molecule has 0 atom stereocenters. The fourth-order valence-electron chi connectivity index (χ4n) is 3.38. The van der Waals surface area contributed by atoms with Gasteiger partial charge < -0.3 is 4.57 Å². The number of hydrogen-bond donors (Lipinski definition) is 0. The molecule has 0 fully saturated rings. The molecule has 25 heavy (non-hydrogen) atoms. The molecule has 130 valence electrons. The van der Waals surface area contributed by atoms with Gasteiger partial charge in [0.05, 0.1) is 5.69 Å². The Morgan fingerprint density at radius 1 is 1.20 bits per heavy atom. The Hall–Kier alpha value is -2.13. The minimum absolute atomic E-state index is 0.108. The average Bonchev–Trinajstić information content (AvgIpc) is 3.20. The first-order valence-corrected chi connectivity index (χ1v) is 9.87. The van der Waals surface area contributed by atoms with Crippen molar-refractivity contribution >= 4 is 32.9 Å². The smallest absolute Gasteiger partial charge is 0.209 e. The fourth-order valence-corrected chi connectivity index (χ4v) is 4.24. The molecule has 1 aromatic carbocycles.